The summed E-state index contributed by atoms with van der Waals surface area (Å²) in [5, 5.41) is 0.795. The predicted molar refractivity (Wildman–Crippen MR) is 104 cm³/mol. The quantitative estimate of drug-likeness (QED) is 0.704. The number of primary amides is 1. The number of methoxy groups -OCH3 is 2. The third-order valence-electron chi connectivity index (χ3n) is 4.34. The summed E-state index contributed by atoms with van der Waals surface area (Å²) in [5.41, 5.74) is 7.49. The molecule has 6 heteroatoms. The fourth-order valence-corrected chi connectivity index (χ4v) is 2.90. The van der Waals surface area contributed by atoms with E-state index in [1.54, 1.807) is 50.7 Å². The number of rotatable bonds is 6. The number of pyridine rings is 1. The number of carbonyl (C=O) groups excluding carboxylic acids is 1. The number of benzene rings is 2. The molecule has 0 bridgehead atoms. The van der Waals surface area contributed by atoms with E-state index < -0.39 is 5.91 Å². The third-order valence-corrected chi connectivity index (χ3v) is 4.34. The second kappa shape index (κ2) is 7.53. The Morgan fingerprint density at radius 3 is 2.30 bits per heavy atom. The van der Waals surface area contributed by atoms with Crippen LogP contribution in [0.2, 0.25) is 0 Å². The van der Waals surface area contributed by atoms with Gasteiger partial charge in [-0.2, -0.15) is 0 Å². The standard InChI is InChI=1S/C21H22N2O4/c1-12(2)14-9-13(21(22)24)5-6-17(14)27-18-7-8-23-16-11-20(26-4)19(25-3)10-15(16)18/h5-12H,1-4H3,(H2,22,24). The van der Waals surface area contributed by atoms with Crippen molar-refractivity contribution in [2.45, 2.75) is 19.8 Å². The first kappa shape index (κ1) is 18.5. The zero-order valence-electron chi connectivity index (χ0n) is 15.8. The Balaban J connectivity index is 2.10. The van der Waals surface area contributed by atoms with Gasteiger partial charge in [0.25, 0.3) is 0 Å². The molecule has 6 nitrogen and oxygen atoms in total. The van der Waals surface area contributed by atoms with Crippen LogP contribution in [0.3, 0.4) is 0 Å². The minimum absolute atomic E-state index is 0.155. The van der Waals surface area contributed by atoms with Crippen LogP contribution in [-0.4, -0.2) is 25.1 Å². The van der Waals surface area contributed by atoms with E-state index in [2.05, 4.69) is 4.98 Å². The van der Waals surface area contributed by atoms with Gasteiger partial charge in [-0.25, -0.2) is 0 Å². The van der Waals surface area contributed by atoms with Gasteiger partial charge >= 0.3 is 0 Å². The molecular weight excluding hydrogens is 344 g/mol. The Kier molecular flexibility index (Phi) is 5.16. The summed E-state index contributed by atoms with van der Waals surface area (Å²) in [6.07, 6.45) is 1.68. The summed E-state index contributed by atoms with van der Waals surface area (Å²) in [6, 6.07) is 10.6. The van der Waals surface area contributed by atoms with Crippen LogP contribution in [0.15, 0.2) is 42.6 Å². The molecule has 0 aliphatic rings. The largest absolute Gasteiger partial charge is 0.493 e. The lowest BCUT2D eigenvalue weighted by molar-refractivity contribution is 0.1000. The van der Waals surface area contributed by atoms with Crippen molar-refractivity contribution in [1.29, 1.82) is 0 Å². The molecule has 0 unspecified atom stereocenters. The molecule has 2 aromatic carbocycles. The Bertz CT molecular complexity index is 999. The lowest BCUT2D eigenvalue weighted by atomic mass is 9.99. The Morgan fingerprint density at radius 2 is 1.67 bits per heavy atom. The first-order valence-electron chi connectivity index (χ1n) is 8.57. The van der Waals surface area contributed by atoms with Crippen molar-refractivity contribution in [3.05, 3.63) is 53.7 Å². The Labute approximate surface area is 157 Å². The van der Waals surface area contributed by atoms with Crippen molar-refractivity contribution in [3.8, 4) is 23.0 Å². The molecule has 0 fully saturated rings. The predicted octanol–water partition coefficient (Wildman–Crippen LogP) is 4.27. The van der Waals surface area contributed by atoms with Gasteiger partial charge in [0.05, 0.1) is 19.7 Å². The lowest BCUT2D eigenvalue weighted by Gasteiger charge is -2.16. The molecule has 0 atom stereocenters. The third kappa shape index (κ3) is 3.65. The molecule has 0 aliphatic carbocycles. The van der Waals surface area contributed by atoms with Crippen LogP contribution in [0.4, 0.5) is 0 Å². The minimum atomic E-state index is -0.463. The van der Waals surface area contributed by atoms with E-state index in [4.69, 9.17) is 19.9 Å². The van der Waals surface area contributed by atoms with E-state index in [0.29, 0.717) is 28.6 Å². The summed E-state index contributed by atoms with van der Waals surface area (Å²) >= 11 is 0. The molecule has 1 heterocycles. The smallest absolute Gasteiger partial charge is 0.248 e. The van der Waals surface area contributed by atoms with Gasteiger partial charge in [-0.15, -0.1) is 0 Å². The molecule has 0 saturated heterocycles. The van der Waals surface area contributed by atoms with Crippen LogP contribution in [-0.2, 0) is 0 Å². The Hall–Kier alpha value is -3.28. The van der Waals surface area contributed by atoms with E-state index in [1.165, 1.54) is 0 Å². The molecule has 1 aromatic heterocycles. The van der Waals surface area contributed by atoms with Gasteiger partial charge in [0.1, 0.15) is 11.5 Å². The van der Waals surface area contributed by atoms with Crippen LogP contribution in [0, 0.1) is 0 Å². The zero-order valence-corrected chi connectivity index (χ0v) is 15.8. The van der Waals surface area contributed by atoms with E-state index >= 15 is 0 Å². The molecule has 3 rings (SSSR count). The molecule has 0 spiro atoms. The lowest BCUT2D eigenvalue weighted by Crippen LogP contribution is -2.11. The molecule has 0 saturated carbocycles. The van der Waals surface area contributed by atoms with Crippen LogP contribution in [0.5, 0.6) is 23.0 Å². The van der Waals surface area contributed by atoms with Gasteiger partial charge in [0.15, 0.2) is 11.5 Å². The minimum Gasteiger partial charge on any atom is -0.493 e. The van der Waals surface area contributed by atoms with Crippen molar-refractivity contribution in [3.63, 3.8) is 0 Å². The molecule has 0 radical (unpaired) electrons. The van der Waals surface area contributed by atoms with Crippen LogP contribution >= 0.6 is 0 Å². The first-order chi connectivity index (χ1) is 12.9. The highest BCUT2D eigenvalue weighted by Crippen LogP contribution is 2.38. The highest BCUT2D eigenvalue weighted by atomic mass is 16.5. The molecule has 140 valence electrons. The number of hydrogen-bond acceptors (Lipinski definition) is 5. The number of ether oxygens (including phenoxy) is 3. The topological polar surface area (TPSA) is 83.7 Å². The molecule has 3 aromatic rings. The monoisotopic (exact) mass is 366 g/mol. The maximum Gasteiger partial charge on any atom is 0.248 e. The summed E-state index contributed by atoms with van der Waals surface area (Å²) in [7, 11) is 3.17. The Morgan fingerprint density at radius 1 is 0.963 bits per heavy atom. The molecule has 1 amide bonds. The fourth-order valence-electron chi connectivity index (χ4n) is 2.90. The van der Waals surface area contributed by atoms with Gasteiger partial charge in [0, 0.05) is 23.2 Å². The molecule has 2 N–H and O–H groups in total. The SMILES string of the molecule is COc1cc2nccc(Oc3ccc(C(N)=O)cc3C(C)C)c2cc1OC. The van der Waals surface area contributed by atoms with Gasteiger partial charge < -0.3 is 19.9 Å². The first-order valence-corrected chi connectivity index (χ1v) is 8.57. The second-order valence-corrected chi connectivity index (χ2v) is 6.41. The van der Waals surface area contributed by atoms with Gasteiger partial charge in [-0.1, -0.05) is 13.8 Å². The number of fused-ring (bicyclic) bond motifs is 1. The normalized spacial score (nSPS) is 10.9. The summed E-state index contributed by atoms with van der Waals surface area (Å²) in [6.45, 7) is 4.07. The van der Waals surface area contributed by atoms with Crippen molar-refractivity contribution in [2.24, 2.45) is 5.73 Å². The average Bonchev–Trinajstić information content (AvgIpc) is 2.67. The maximum absolute atomic E-state index is 11.5. The van der Waals surface area contributed by atoms with Crippen LogP contribution < -0.4 is 19.9 Å². The van der Waals surface area contributed by atoms with Crippen molar-refractivity contribution in [2.75, 3.05) is 14.2 Å². The fraction of sp³-hybridized carbons (Fsp3) is 0.238. The zero-order chi connectivity index (χ0) is 19.6. The number of amides is 1. The van der Waals surface area contributed by atoms with Crippen molar-refractivity contribution < 1.29 is 19.0 Å². The van der Waals surface area contributed by atoms with Crippen LogP contribution in [0.1, 0.15) is 35.7 Å². The molecular formula is C21H22N2O4. The highest BCUT2D eigenvalue weighted by molar-refractivity contribution is 5.93. The summed E-state index contributed by atoms with van der Waals surface area (Å²) in [5.74, 6) is 2.18. The highest BCUT2D eigenvalue weighted by Gasteiger charge is 2.15. The average molecular weight is 366 g/mol. The number of nitrogens with zero attached hydrogens (tertiary/aromatic N) is 1. The van der Waals surface area contributed by atoms with E-state index in [9.17, 15) is 4.79 Å². The second-order valence-electron chi connectivity index (χ2n) is 6.41. The van der Waals surface area contributed by atoms with E-state index in [-0.39, 0.29) is 5.92 Å². The van der Waals surface area contributed by atoms with Crippen molar-refractivity contribution in [1.82, 2.24) is 4.98 Å². The molecule has 27 heavy (non-hydrogen) atoms. The number of nitrogens with two attached hydrogens (primary N) is 1. The van der Waals surface area contributed by atoms with Gasteiger partial charge in [0.2, 0.25) is 5.91 Å². The van der Waals surface area contributed by atoms with Crippen molar-refractivity contribution >= 4 is 16.8 Å². The van der Waals surface area contributed by atoms with E-state index in [1.807, 2.05) is 19.9 Å². The number of carbonyl (C=O) groups is 1. The van der Waals surface area contributed by atoms with Gasteiger partial charge in [-0.3, -0.25) is 9.78 Å². The van der Waals surface area contributed by atoms with Crippen LogP contribution in [0.25, 0.3) is 10.9 Å². The van der Waals surface area contributed by atoms with Gasteiger partial charge in [-0.05, 0) is 41.8 Å². The number of hydrogen-bond donors (Lipinski definition) is 1. The summed E-state index contributed by atoms with van der Waals surface area (Å²) < 4.78 is 16.9. The summed E-state index contributed by atoms with van der Waals surface area (Å²) in [4.78, 5) is 15.9. The molecule has 0 aliphatic heterocycles. The maximum atomic E-state index is 11.5. The number of aromatic nitrogens is 1. The van der Waals surface area contributed by atoms with E-state index in [0.717, 1.165) is 16.5 Å².